The molecule has 0 aliphatic rings. The largest absolute Gasteiger partial charge is 0.373 e. The summed E-state index contributed by atoms with van der Waals surface area (Å²) < 4.78 is 5.67. The lowest BCUT2D eigenvalue weighted by Crippen LogP contribution is -2.09. The molecule has 0 aliphatic heterocycles. The van der Waals surface area contributed by atoms with Gasteiger partial charge in [0.1, 0.15) is 5.82 Å². The molecular formula is C12H19ClN2O. The molecule has 0 fully saturated rings. The first-order valence-electron chi connectivity index (χ1n) is 5.62. The summed E-state index contributed by atoms with van der Waals surface area (Å²) >= 11 is 6.04. The predicted molar refractivity (Wildman–Crippen MR) is 68.0 cm³/mol. The molecule has 0 radical (unpaired) electrons. The predicted octanol–water partition coefficient (Wildman–Crippen LogP) is 3.48. The molecule has 0 aromatic carbocycles. The van der Waals surface area contributed by atoms with Gasteiger partial charge in [-0.2, -0.15) is 0 Å². The Hall–Kier alpha value is -0.800. The first-order valence-corrected chi connectivity index (χ1v) is 6.00. The van der Waals surface area contributed by atoms with Gasteiger partial charge in [-0.15, -0.1) is 0 Å². The number of pyridine rings is 1. The van der Waals surface area contributed by atoms with Crippen LogP contribution in [0.2, 0.25) is 5.02 Å². The van der Waals surface area contributed by atoms with E-state index in [0.29, 0.717) is 11.6 Å². The highest BCUT2D eigenvalue weighted by Crippen LogP contribution is 2.18. The van der Waals surface area contributed by atoms with E-state index in [1.807, 2.05) is 19.2 Å². The molecule has 4 heteroatoms. The first kappa shape index (κ1) is 13.3. The Kier molecular flexibility index (Phi) is 5.56. The summed E-state index contributed by atoms with van der Waals surface area (Å²) in [6.45, 7) is 4.68. The van der Waals surface area contributed by atoms with E-state index in [2.05, 4.69) is 24.1 Å². The third kappa shape index (κ3) is 3.99. The Morgan fingerprint density at radius 1 is 1.50 bits per heavy atom. The molecule has 1 atom stereocenters. The lowest BCUT2D eigenvalue weighted by Gasteiger charge is -2.12. The van der Waals surface area contributed by atoms with Gasteiger partial charge in [0.2, 0.25) is 0 Å². The fourth-order valence-corrected chi connectivity index (χ4v) is 1.60. The van der Waals surface area contributed by atoms with Crippen LogP contribution in [-0.2, 0) is 11.3 Å². The molecule has 0 bridgehead atoms. The van der Waals surface area contributed by atoms with Gasteiger partial charge in [-0.1, -0.05) is 24.9 Å². The Morgan fingerprint density at radius 2 is 2.25 bits per heavy atom. The second-order valence-electron chi connectivity index (χ2n) is 3.79. The molecule has 3 nitrogen and oxygen atoms in total. The van der Waals surface area contributed by atoms with Gasteiger partial charge in [-0.25, -0.2) is 4.98 Å². The van der Waals surface area contributed by atoms with E-state index in [-0.39, 0.29) is 6.10 Å². The molecule has 16 heavy (non-hydrogen) atoms. The van der Waals surface area contributed by atoms with Crippen LogP contribution in [0.5, 0.6) is 0 Å². The zero-order chi connectivity index (χ0) is 12.0. The summed E-state index contributed by atoms with van der Waals surface area (Å²) in [7, 11) is 1.83. The second-order valence-corrected chi connectivity index (χ2v) is 4.19. The van der Waals surface area contributed by atoms with Crippen molar-refractivity contribution >= 4 is 17.4 Å². The zero-order valence-corrected chi connectivity index (χ0v) is 10.8. The first-order chi connectivity index (χ1) is 7.67. The van der Waals surface area contributed by atoms with Crippen molar-refractivity contribution in [2.45, 2.75) is 39.4 Å². The van der Waals surface area contributed by atoms with Crippen molar-refractivity contribution in [3.8, 4) is 0 Å². The molecule has 0 aliphatic carbocycles. The average molecular weight is 243 g/mol. The molecule has 0 saturated carbocycles. The Morgan fingerprint density at radius 3 is 2.88 bits per heavy atom. The number of hydrogen-bond donors (Lipinski definition) is 1. The van der Waals surface area contributed by atoms with E-state index in [9.17, 15) is 0 Å². The maximum atomic E-state index is 6.04. The molecule has 1 N–H and O–H groups in total. The average Bonchev–Trinajstić information content (AvgIpc) is 2.28. The van der Waals surface area contributed by atoms with E-state index in [1.54, 1.807) is 0 Å². The number of hydrogen-bond acceptors (Lipinski definition) is 3. The van der Waals surface area contributed by atoms with Crippen LogP contribution in [0.3, 0.4) is 0 Å². The third-order valence-corrected chi connectivity index (χ3v) is 2.72. The highest BCUT2D eigenvalue weighted by Gasteiger charge is 2.06. The van der Waals surface area contributed by atoms with Gasteiger partial charge in [0.05, 0.1) is 23.4 Å². The van der Waals surface area contributed by atoms with Crippen LogP contribution in [0.4, 0.5) is 5.82 Å². The summed E-state index contributed by atoms with van der Waals surface area (Å²) in [5, 5.41) is 3.64. The van der Waals surface area contributed by atoms with Gasteiger partial charge in [-0.05, 0) is 25.5 Å². The van der Waals surface area contributed by atoms with Gasteiger partial charge in [-0.3, -0.25) is 0 Å². The lowest BCUT2D eigenvalue weighted by molar-refractivity contribution is 0.0454. The maximum absolute atomic E-state index is 6.04. The van der Waals surface area contributed by atoms with Crippen molar-refractivity contribution in [3.63, 3.8) is 0 Å². The molecule has 1 aromatic rings. The minimum Gasteiger partial charge on any atom is -0.373 e. The van der Waals surface area contributed by atoms with Crippen LogP contribution in [0.1, 0.15) is 32.4 Å². The molecule has 0 saturated heterocycles. The second kappa shape index (κ2) is 6.71. The highest BCUT2D eigenvalue weighted by molar-refractivity contribution is 6.31. The standard InChI is InChI=1S/C12H19ClN2O/c1-4-5-9(2)16-8-11-10(13)6-7-12(14-3)15-11/h6-7,9H,4-5,8H2,1-3H3,(H,14,15). The summed E-state index contributed by atoms with van der Waals surface area (Å²) in [6, 6.07) is 3.69. The SMILES string of the molecule is CCCC(C)OCc1nc(NC)ccc1Cl. The van der Waals surface area contributed by atoms with Crippen LogP contribution in [0.15, 0.2) is 12.1 Å². The number of aromatic nitrogens is 1. The van der Waals surface area contributed by atoms with E-state index in [0.717, 1.165) is 24.4 Å². The summed E-state index contributed by atoms with van der Waals surface area (Å²) in [5.74, 6) is 0.811. The van der Waals surface area contributed by atoms with Gasteiger partial charge < -0.3 is 10.1 Å². The quantitative estimate of drug-likeness (QED) is 0.829. The fourth-order valence-electron chi connectivity index (χ4n) is 1.44. The van der Waals surface area contributed by atoms with Gasteiger partial charge in [0.15, 0.2) is 0 Å². The van der Waals surface area contributed by atoms with Crippen LogP contribution in [-0.4, -0.2) is 18.1 Å². The number of ether oxygens (including phenoxy) is 1. The number of nitrogens with one attached hydrogen (secondary N) is 1. The van der Waals surface area contributed by atoms with Gasteiger partial charge in [0.25, 0.3) is 0 Å². The minimum absolute atomic E-state index is 0.251. The van der Waals surface area contributed by atoms with E-state index < -0.39 is 0 Å². The molecule has 1 unspecified atom stereocenters. The molecule has 1 heterocycles. The van der Waals surface area contributed by atoms with Crippen molar-refractivity contribution in [3.05, 3.63) is 22.8 Å². The third-order valence-electron chi connectivity index (χ3n) is 2.37. The molecular weight excluding hydrogens is 224 g/mol. The minimum atomic E-state index is 0.251. The van der Waals surface area contributed by atoms with Crippen molar-refractivity contribution in [1.82, 2.24) is 4.98 Å². The summed E-state index contributed by atoms with van der Waals surface area (Å²) in [6.07, 6.45) is 2.43. The molecule has 1 rings (SSSR count). The number of anilines is 1. The summed E-state index contributed by atoms with van der Waals surface area (Å²) in [4.78, 5) is 4.35. The van der Waals surface area contributed by atoms with Crippen molar-refractivity contribution in [2.24, 2.45) is 0 Å². The fraction of sp³-hybridized carbons (Fsp3) is 0.583. The number of rotatable bonds is 6. The van der Waals surface area contributed by atoms with Crippen molar-refractivity contribution in [1.29, 1.82) is 0 Å². The maximum Gasteiger partial charge on any atom is 0.126 e. The van der Waals surface area contributed by atoms with Crippen LogP contribution in [0, 0.1) is 0 Å². The normalized spacial score (nSPS) is 12.5. The molecule has 0 spiro atoms. The smallest absolute Gasteiger partial charge is 0.126 e. The molecule has 0 amide bonds. The van der Waals surface area contributed by atoms with E-state index >= 15 is 0 Å². The van der Waals surface area contributed by atoms with Crippen molar-refractivity contribution in [2.75, 3.05) is 12.4 Å². The topological polar surface area (TPSA) is 34.1 Å². The zero-order valence-electron chi connectivity index (χ0n) is 10.1. The van der Waals surface area contributed by atoms with Crippen molar-refractivity contribution < 1.29 is 4.74 Å². The highest BCUT2D eigenvalue weighted by atomic mass is 35.5. The van der Waals surface area contributed by atoms with Crippen LogP contribution < -0.4 is 5.32 Å². The Bertz CT molecular complexity index is 331. The molecule has 90 valence electrons. The van der Waals surface area contributed by atoms with Crippen LogP contribution >= 0.6 is 11.6 Å². The number of nitrogens with zero attached hydrogens (tertiary/aromatic N) is 1. The van der Waals surface area contributed by atoms with Gasteiger partial charge >= 0.3 is 0 Å². The van der Waals surface area contributed by atoms with Gasteiger partial charge in [0, 0.05) is 7.05 Å². The van der Waals surface area contributed by atoms with Crippen LogP contribution in [0.25, 0.3) is 0 Å². The Balaban J connectivity index is 2.58. The van der Waals surface area contributed by atoms with E-state index in [4.69, 9.17) is 16.3 Å². The van der Waals surface area contributed by atoms with E-state index in [1.165, 1.54) is 0 Å². The summed E-state index contributed by atoms with van der Waals surface area (Å²) in [5.41, 5.74) is 0.788. The Labute approximate surface area is 102 Å². The lowest BCUT2D eigenvalue weighted by atomic mass is 10.2. The monoisotopic (exact) mass is 242 g/mol. The molecule has 1 aromatic heterocycles. The number of halogens is 1.